The number of rotatable bonds is 7. The maximum absolute atomic E-state index is 12.7. The Labute approximate surface area is 215 Å². The second kappa shape index (κ2) is 11.5. The Kier molecular flexibility index (Phi) is 8.36. The zero-order chi connectivity index (χ0) is 24.9. The Hall–Kier alpha value is -2.55. The highest BCUT2D eigenvalue weighted by atomic mass is 35.5. The van der Waals surface area contributed by atoms with Gasteiger partial charge in [0, 0.05) is 55.2 Å². The van der Waals surface area contributed by atoms with Crippen LogP contribution in [0.2, 0.25) is 10.0 Å². The van der Waals surface area contributed by atoms with E-state index in [1.807, 2.05) is 23.1 Å². The molecule has 2 aromatic rings. The van der Waals surface area contributed by atoms with Gasteiger partial charge in [-0.25, -0.2) is 0 Å². The molecule has 1 saturated carbocycles. The van der Waals surface area contributed by atoms with Crippen LogP contribution < -0.4 is 10.2 Å². The molecule has 2 aromatic carbocycles. The molecule has 35 heavy (non-hydrogen) atoms. The van der Waals surface area contributed by atoms with E-state index < -0.39 is 0 Å². The van der Waals surface area contributed by atoms with Crippen LogP contribution in [0.15, 0.2) is 36.4 Å². The summed E-state index contributed by atoms with van der Waals surface area (Å²) in [5.74, 6) is 0.0281. The Morgan fingerprint density at radius 3 is 2.40 bits per heavy atom. The number of benzene rings is 2. The van der Waals surface area contributed by atoms with Crippen LogP contribution >= 0.6 is 23.2 Å². The number of piperazine rings is 1. The largest absolute Gasteiger partial charge is 0.382 e. The van der Waals surface area contributed by atoms with E-state index in [9.17, 15) is 14.9 Å². The second-order valence-electron chi connectivity index (χ2n) is 9.15. The van der Waals surface area contributed by atoms with Crippen LogP contribution in [-0.2, 0) is 9.53 Å². The van der Waals surface area contributed by atoms with E-state index in [0.29, 0.717) is 34.7 Å². The number of carbonyl (C=O) groups excluding carboxylic acids is 1. The lowest BCUT2D eigenvalue weighted by molar-refractivity contribution is -0.385. The van der Waals surface area contributed by atoms with E-state index >= 15 is 0 Å². The molecular weight excluding hydrogens is 491 g/mol. The summed E-state index contributed by atoms with van der Waals surface area (Å²) in [6.45, 7) is 4.63. The third-order valence-electron chi connectivity index (χ3n) is 6.78. The first-order valence-corrected chi connectivity index (χ1v) is 12.7. The quantitative estimate of drug-likeness (QED) is 0.393. The van der Waals surface area contributed by atoms with Gasteiger partial charge < -0.3 is 19.9 Å². The van der Waals surface area contributed by atoms with Crippen molar-refractivity contribution in [1.29, 1.82) is 0 Å². The molecule has 1 N–H and O–H groups in total. The minimum Gasteiger partial charge on any atom is -0.382 e. The molecule has 0 bridgehead atoms. The van der Waals surface area contributed by atoms with Gasteiger partial charge in [-0.2, -0.15) is 0 Å². The number of ether oxygens (including phenoxy) is 1. The second-order valence-corrected chi connectivity index (χ2v) is 9.97. The van der Waals surface area contributed by atoms with Crippen molar-refractivity contribution in [3.8, 4) is 0 Å². The molecule has 1 amide bonds. The van der Waals surface area contributed by atoms with Crippen molar-refractivity contribution in [2.75, 3.05) is 43.0 Å². The van der Waals surface area contributed by atoms with Crippen molar-refractivity contribution in [3.63, 3.8) is 0 Å². The van der Waals surface area contributed by atoms with Crippen LogP contribution in [0.1, 0.15) is 31.2 Å². The minimum absolute atomic E-state index is 0.0281. The average molecular weight is 521 g/mol. The minimum atomic E-state index is -0.363. The zero-order valence-corrected chi connectivity index (χ0v) is 21.2. The van der Waals surface area contributed by atoms with Gasteiger partial charge in [-0.15, -0.1) is 0 Å². The predicted octanol–water partition coefficient (Wildman–Crippen LogP) is 5.30. The fraction of sp³-hybridized carbons (Fsp3) is 0.480. The molecule has 10 heteroatoms. The highest BCUT2D eigenvalue weighted by molar-refractivity contribution is 6.42. The van der Waals surface area contributed by atoms with Gasteiger partial charge in [0.15, 0.2) is 0 Å². The van der Waals surface area contributed by atoms with Crippen molar-refractivity contribution < 1.29 is 14.5 Å². The van der Waals surface area contributed by atoms with E-state index in [1.54, 1.807) is 25.1 Å². The van der Waals surface area contributed by atoms with E-state index in [4.69, 9.17) is 27.9 Å². The van der Waals surface area contributed by atoms with Crippen molar-refractivity contribution in [2.24, 2.45) is 0 Å². The third kappa shape index (κ3) is 6.57. The van der Waals surface area contributed by atoms with Gasteiger partial charge in [0.1, 0.15) is 6.61 Å². The number of nitrogens with zero attached hydrogens (tertiary/aromatic N) is 3. The van der Waals surface area contributed by atoms with E-state index in [-0.39, 0.29) is 29.2 Å². The molecule has 1 saturated heterocycles. The molecule has 0 radical (unpaired) electrons. The van der Waals surface area contributed by atoms with Gasteiger partial charge >= 0.3 is 0 Å². The van der Waals surface area contributed by atoms with Crippen LogP contribution in [-0.4, -0.2) is 60.7 Å². The number of carbonyl (C=O) groups is 1. The van der Waals surface area contributed by atoms with E-state index in [2.05, 4.69) is 10.2 Å². The van der Waals surface area contributed by atoms with Gasteiger partial charge in [-0.05, 0) is 62.9 Å². The van der Waals surface area contributed by atoms with Crippen molar-refractivity contribution >= 4 is 46.2 Å². The zero-order valence-electron chi connectivity index (χ0n) is 19.7. The van der Waals surface area contributed by atoms with Gasteiger partial charge in [-0.3, -0.25) is 14.9 Å². The summed E-state index contributed by atoms with van der Waals surface area (Å²) in [5, 5.41) is 15.5. The van der Waals surface area contributed by atoms with E-state index in [1.165, 1.54) is 0 Å². The number of nitro benzene ring substituents is 1. The Bertz CT molecular complexity index is 1070. The molecule has 2 fully saturated rings. The van der Waals surface area contributed by atoms with Crippen LogP contribution in [0.4, 0.5) is 17.1 Å². The molecule has 8 nitrogen and oxygen atoms in total. The summed E-state index contributed by atoms with van der Waals surface area (Å²) in [6, 6.07) is 11.0. The summed E-state index contributed by atoms with van der Waals surface area (Å²) in [5.41, 5.74) is 2.69. The van der Waals surface area contributed by atoms with Crippen molar-refractivity contribution in [2.45, 2.75) is 44.8 Å². The number of hydrogen-bond acceptors (Lipinski definition) is 6. The summed E-state index contributed by atoms with van der Waals surface area (Å²) in [7, 11) is 0. The number of anilines is 2. The summed E-state index contributed by atoms with van der Waals surface area (Å²) >= 11 is 12.1. The smallest absolute Gasteiger partial charge is 0.272 e. The average Bonchev–Trinajstić information content (AvgIpc) is 2.85. The summed E-state index contributed by atoms with van der Waals surface area (Å²) < 4.78 is 5.96. The normalized spacial score (nSPS) is 20.5. The first-order valence-electron chi connectivity index (χ1n) is 11.9. The van der Waals surface area contributed by atoms with Crippen LogP contribution in [0.3, 0.4) is 0 Å². The number of hydrogen-bond donors (Lipinski definition) is 1. The topological polar surface area (TPSA) is 88.0 Å². The first kappa shape index (κ1) is 25.5. The monoisotopic (exact) mass is 520 g/mol. The lowest BCUT2D eigenvalue weighted by Gasteiger charge is -2.36. The first-order chi connectivity index (χ1) is 16.8. The maximum atomic E-state index is 12.7. The number of aryl methyl sites for hydroxylation is 1. The van der Waals surface area contributed by atoms with E-state index in [0.717, 1.165) is 50.1 Å². The van der Waals surface area contributed by atoms with Gasteiger partial charge in [0.2, 0.25) is 5.91 Å². The SMILES string of the molecule is Cc1cc(NC2CCC(OCC(=O)N3CCN(c4ccc(Cl)c(Cl)c4)CC3)CC2)ccc1[N+](=O)[O-]. The van der Waals surface area contributed by atoms with Gasteiger partial charge in [0.05, 0.1) is 21.1 Å². The molecule has 1 aliphatic heterocycles. The summed E-state index contributed by atoms with van der Waals surface area (Å²) in [4.78, 5) is 27.4. The van der Waals surface area contributed by atoms with Gasteiger partial charge in [0.25, 0.3) is 5.69 Å². The Morgan fingerprint density at radius 2 is 1.77 bits per heavy atom. The van der Waals surface area contributed by atoms with Crippen LogP contribution in [0.25, 0.3) is 0 Å². The molecule has 0 unspecified atom stereocenters. The Balaban J connectivity index is 1.17. The molecule has 4 rings (SSSR count). The third-order valence-corrected chi connectivity index (χ3v) is 7.52. The molecule has 0 spiro atoms. The lowest BCUT2D eigenvalue weighted by Crippen LogP contribution is -2.50. The molecule has 0 aromatic heterocycles. The molecule has 0 atom stereocenters. The van der Waals surface area contributed by atoms with Crippen LogP contribution in [0.5, 0.6) is 0 Å². The Morgan fingerprint density at radius 1 is 1.06 bits per heavy atom. The van der Waals surface area contributed by atoms with Crippen molar-refractivity contribution in [3.05, 3.63) is 62.1 Å². The highest BCUT2D eigenvalue weighted by Gasteiger charge is 2.25. The van der Waals surface area contributed by atoms with Crippen molar-refractivity contribution in [1.82, 2.24) is 4.90 Å². The predicted molar refractivity (Wildman–Crippen MR) is 139 cm³/mol. The number of amides is 1. The standard InChI is InChI=1S/C25H30Cl2N4O4/c1-17-14-19(4-9-24(17)31(33)34)28-18-2-6-21(7-3-18)35-16-25(32)30-12-10-29(11-13-30)20-5-8-22(26)23(27)15-20/h4-5,8-9,14-15,18,21,28H,2-3,6-7,10-13,16H2,1H3. The lowest BCUT2D eigenvalue weighted by atomic mass is 9.92. The highest BCUT2D eigenvalue weighted by Crippen LogP contribution is 2.29. The number of nitro groups is 1. The molecule has 2 aliphatic rings. The maximum Gasteiger partial charge on any atom is 0.272 e. The van der Waals surface area contributed by atoms with Crippen LogP contribution in [0, 0.1) is 17.0 Å². The molecule has 1 aliphatic carbocycles. The fourth-order valence-electron chi connectivity index (χ4n) is 4.74. The molecule has 1 heterocycles. The number of nitrogens with one attached hydrogen (secondary N) is 1. The molecular formula is C25H30Cl2N4O4. The fourth-order valence-corrected chi connectivity index (χ4v) is 5.03. The van der Waals surface area contributed by atoms with Gasteiger partial charge in [-0.1, -0.05) is 23.2 Å². The molecule has 188 valence electrons. The summed E-state index contributed by atoms with van der Waals surface area (Å²) in [6.07, 6.45) is 3.69. The number of halogens is 2.